The number of likely N-dealkylation sites (N-methyl/N-ethyl adjacent to an activating group) is 1. The van der Waals surface area contributed by atoms with Gasteiger partial charge in [-0.3, -0.25) is 9.36 Å². The van der Waals surface area contributed by atoms with Crippen molar-refractivity contribution < 1.29 is 37.3 Å². The van der Waals surface area contributed by atoms with E-state index < -0.39 is 13.9 Å². The molecule has 0 aliphatic heterocycles. The van der Waals surface area contributed by atoms with Gasteiger partial charge in [0.2, 0.25) is 0 Å². The van der Waals surface area contributed by atoms with Crippen LogP contribution in [0.25, 0.3) is 0 Å². The number of hydrogen-bond acceptors (Lipinski definition) is 7. The summed E-state index contributed by atoms with van der Waals surface area (Å²) in [5.74, 6) is -0.335. The van der Waals surface area contributed by atoms with E-state index in [1.54, 1.807) is 0 Å². The highest BCUT2D eigenvalue weighted by Gasteiger charge is 2.20. The summed E-state index contributed by atoms with van der Waals surface area (Å²) in [6.45, 7) is 5.42. The minimum atomic E-state index is -4.52. The minimum Gasteiger partial charge on any atom is -0.756 e. The average molecular weight is 800 g/mol. The van der Waals surface area contributed by atoms with Crippen molar-refractivity contribution in [3.8, 4) is 0 Å². The number of nitrogens with zero attached hydrogens (tertiary/aromatic N) is 1. The van der Waals surface area contributed by atoms with E-state index in [9.17, 15) is 14.3 Å². The fourth-order valence-electron chi connectivity index (χ4n) is 6.40. The zero-order valence-corrected chi connectivity index (χ0v) is 37.8. The largest absolute Gasteiger partial charge is 0.756 e. The van der Waals surface area contributed by atoms with Gasteiger partial charge in [0.05, 0.1) is 34.4 Å². The summed E-state index contributed by atoms with van der Waals surface area (Å²) in [7, 11) is 1.36. The molecule has 0 N–H and O–H groups in total. The molecule has 55 heavy (non-hydrogen) atoms. The molecule has 326 valence electrons. The number of esters is 1. The molecule has 0 bridgehead atoms. The summed E-state index contributed by atoms with van der Waals surface area (Å²) in [5.41, 5.74) is 0. The molecule has 0 rings (SSSR count). The Morgan fingerprint density at radius 3 is 1.47 bits per heavy atom. The Kier molecular flexibility index (Phi) is 39.1. The zero-order chi connectivity index (χ0) is 40.6. The molecular weight excluding hydrogens is 709 g/mol. The van der Waals surface area contributed by atoms with E-state index in [2.05, 4.69) is 38.2 Å². The first kappa shape index (κ1) is 54.0. The zero-order valence-electron chi connectivity index (χ0n) is 36.9. The SMILES string of the molecule is CCCCCCC/C=C\C/C=C\CCCCCCCCCCCCCC(=O)OC(COCCCCCCCCCCCC)COP(=O)([O-])OCC[N+](C)(C)C. The predicted molar refractivity (Wildman–Crippen MR) is 231 cm³/mol. The lowest BCUT2D eigenvalue weighted by molar-refractivity contribution is -0.870. The lowest BCUT2D eigenvalue weighted by Gasteiger charge is -2.28. The van der Waals surface area contributed by atoms with Gasteiger partial charge >= 0.3 is 5.97 Å². The molecule has 2 unspecified atom stereocenters. The quantitative estimate of drug-likeness (QED) is 0.0199. The van der Waals surface area contributed by atoms with Crippen molar-refractivity contribution in [1.29, 1.82) is 0 Å². The van der Waals surface area contributed by atoms with E-state index in [0.717, 1.165) is 38.5 Å². The van der Waals surface area contributed by atoms with E-state index in [0.29, 0.717) is 24.1 Å². The number of carbonyl (C=O) groups is 1. The van der Waals surface area contributed by atoms with Crippen LogP contribution in [0.4, 0.5) is 0 Å². The fourth-order valence-corrected chi connectivity index (χ4v) is 7.13. The number of hydrogen-bond donors (Lipinski definition) is 0. The van der Waals surface area contributed by atoms with E-state index >= 15 is 0 Å². The van der Waals surface area contributed by atoms with Crippen LogP contribution in [-0.2, 0) is 27.9 Å². The first-order chi connectivity index (χ1) is 26.6. The van der Waals surface area contributed by atoms with Crippen molar-refractivity contribution in [2.24, 2.45) is 0 Å². The van der Waals surface area contributed by atoms with Crippen LogP contribution in [0, 0.1) is 0 Å². The van der Waals surface area contributed by atoms with Gasteiger partial charge in [-0.1, -0.05) is 179 Å². The number of unbranched alkanes of at least 4 members (excludes halogenated alkanes) is 25. The topological polar surface area (TPSA) is 94.1 Å². The summed E-state index contributed by atoms with van der Waals surface area (Å²) in [5, 5.41) is 0. The van der Waals surface area contributed by atoms with E-state index in [1.165, 1.54) is 148 Å². The molecule has 0 fully saturated rings. The van der Waals surface area contributed by atoms with Crippen molar-refractivity contribution in [3.05, 3.63) is 24.3 Å². The van der Waals surface area contributed by atoms with Crippen molar-refractivity contribution in [1.82, 2.24) is 0 Å². The number of phosphoric ester groups is 1. The number of quaternary nitrogens is 1. The molecule has 0 aromatic carbocycles. The summed E-state index contributed by atoms with van der Waals surface area (Å²) < 4.78 is 34.6. The molecular formula is C46H90NO7P. The van der Waals surface area contributed by atoms with Crippen LogP contribution < -0.4 is 4.89 Å². The smallest absolute Gasteiger partial charge is 0.306 e. The van der Waals surface area contributed by atoms with Crippen molar-refractivity contribution in [2.75, 3.05) is 54.1 Å². The number of ether oxygens (including phenoxy) is 2. The predicted octanol–water partition coefficient (Wildman–Crippen LogP) is 13.0. The maximum absolute atomic E-state index is 12.7. The maximum Gasteiger partial charge on any atom is 0.306 e. The molecule has 2 atom stereocenters. The van der Waals surface area contributed by atoms with Gasteiger partial charge in [0.15, 0.2) is 0 Å². The Bertz CT molecular complexity index is 936. The highest BCUT2D eigenvalue weighted by atomic mass is 31.2. The second-order valence-corrected chi connectivity index (χ2v) is 18.2. The second-order valence-electron chi connectivity index (χ2n) is 16.8. The molecule has 0 spiro atoms. The molecule has 0 saturated carbocycles. The third-order valence-electron chi connectivity index (χ3n) is 10.0. The third-order valence-corrected chi connectivity index (χ3v) is 11.0. The van der Waals surface area contributed by atoms with Gasteiger partial charge in [-0.15, -0.1) is 0 Å². The van der Waals surface area contributed by atoms with Crippen molar-refractivity contribution in [3.63, 3.8) is 0 Å². The van der Waals surface area contributed by atoms with Gasteiger partial charge in [-0.25, -0.2) is 0 Å². The summed E-state index contributed by atoms with van der Waals surface area (Å²) in [4.78, 5) is 25.0. The molecule has 0 radical (unpaired) electrons. The molecule has 0 aliphatic carbocycles. The van der Waals surface area contributed by atoms with Crippen molar-refractivity contribution in [2.45, 2.75) is 213 Å². The number of rotatable bonds is 43. The molecule has 9 heteroatoms. The summed E-state index contributed by atoms with van der Waals surface area (Å²) >= 11 is 0. The molecule has 0 saturated heterocycles. The summed E-state index contributed by atoms with van der Waals surface area (Å²) in [6.07, 6.45) is 44.8. The standard InChI is InChI=1S/C46H90NO7P/c1-6-8-10-12-14-16-18-19-20-21-22-23-24-25-26-27-28-29-30-31-33-35-37-39-46(48)54-45(44-53-55(49,50)52-42-40-47(3,4)5)43-51-41-38-36-34-32-17-15-13-11-9-7-2/h18-19,21-22,45H,6-17,20,23-44H2,1-5H3/b19-18-,22-21-. The molecule has 0 aromatic heterocycles. The lowest BCUT2D eigenvalue weighted by atomic mass is 10.0. The van der Waals surface area contributed by atoms with Gasteiger partial charge in [0.25, 0.3) is 7.82 Å². The normalized spacial score (nSPS) is 13.9. The van der Waals surface area contributed by atoms with Crippen LogP contribution in [0.2, 0.25) is 0 Å². The number of carbonyl (C=O) groups excluding carboxylic acids is 1. The average Bonchev–Trinajstić information content (AvgIpc) is 3.13. The molecule has 0 aromatic rings. The molecule has 8 nitrogen and oxygen atoms in total. The molecule has 0 heterocycles. The Morgan fingerprint density at radius 1 is 0.564 bits per heavy atom. The van der Waals surface area contributed by atoms with Gasteiger partial charge in [-0.05, 0) is 44.9 Å². The van der Waals surface area contributed by atoms with Gasteiger partial charge in [0, 0.05) is 13.0 Å². The Hall–Kier alpha value is -1.02. The van der Waals surface area contributed by atoms with Crippen LogP contribution >= 0.6 is 7.82 Å². The fraction of sp³-hybridized carbons (Fsp3) is 0.891. The first-order valence-corrected chi connectivity index (χ1v) is 24.5. The van der Waals surface area contributed by atoms with Crippen LogP contribution in [0.3, 0.4) is 0 Å². The van der Waals surface area contributed by atoms with Gasteiger partial charge in [-0.2, -0.15) is 0 Å². The van der Waals surface area contributed by atoms with Gasteiger partial charge < -0.3 is 27.9 Å². The minimum absolute atomic E-state index is 0.0277. The van der Waals surface area contributed by atoms with Crippen LogP contribution in [0.15, 0.2) is 24.3 Å². The molecule has 0 amide bonds. The Morgan fingerprint density at radius 2 is 1.00 bits per heavy atom. The third kappa shape index (κ3) is 43.9. The van der Waals surface area contributed by atoms with Gasteiger partial charge in [0.1, 0.15) is 19.3 Å². The lowest BCUT2D eigenvalue weighted by Crippen LogP contribution is -2.37. The van der Waals surface area contributed by atoms with Crippen LogP contribution in [0.5, 0.6) is 0 Å². The van der Waals surface area contributed by atoms with Crippen molar-refractivity contribution >= 4 is 13.8 Å². The number of phosphoric acid groups is 1. The monoisotopic (exact) mass is 800 g/mol. The van der Waals surface area contributed by atoms with E-state index in [1.807, 2.05) is 21.1 Å². The molecule has 0 aliphatic rings. The van der Waals surface area contributed by atoms with E-state index in [4.69, 9.17) is 18.5 Å². The van der Waals surface area contributed by atoms with Crippen LogP contribution in [-0.4, -0.2) is 70.7 Å². The number of allylic oxidation sites excluding steroid dienone is 4. The Balaban J connectivity index is 4.09. The summed E-state index contributed by atoms with van der Waals surface area (Å²) in [6, 6.07) is 0. The maximum atomic E-state index is 12.7. The first-order valence-electron chi connectivity index (χ1n) is 23.1. The highest BCUT2D eigenvalue weighted by Crippen LogP contribution is 2.38. The highest BCUT2D eigenvalue weighted by molar-refractivity contribution is 7.45. The second kappa shape index (κ2) is 39.8. The Labute approximate surface area is 341 Å². The van der Waals surface area contributed by atoms with E-state index in [-0.39, 0.29) is 25.8 Å². The van der Waals surface area contributed by atoms with Crippen LogP contribution in [0.1, 0.15) is 206 Å².